The summed E-state index contributed by atoms with van der Waals surface area (Å²) in [4.78, 5) is 74.6. The molecule has 1 atom stereocenters. The van der Waals surface area contributed by atoms with Crippen LogP contribution >= 0.6 is 0 Å². The predicted molar refractivity (Wildman–Crippen MR) is 175 cm³/mol. The molecule has 0 bridgehead atoms. The summed E-state index contributed by atoms with van der Waals surface area (Å²) < 4.78 is 2.00. The SMILES string of the molecule is O=C(CN1CCC(n2cc(-c3cnc4ccccc4n3)cn2)CC1)NCCCNc1ccc2c(c1)C(=O)N(C1CCC(=O)NC1=O)C2=O. The number of benzene rings is 2. The number of carbonyl (C=O) groups is 5. The van der Waals surface area contributed by atoms with Gasteiger partial charge in [0, 0.05) is 50.0 Å². The molecule has 3 N–H and O–H groups in total. The van der Waals surface area contributed by atoms with Crippen molar-refractivity contribution in [2.24, 2.45) is 0 Å². The topological polar surface area (TPSA) is 172 Å². The standard InChI is InChI=1S/C34H35N9O5/c44-30-9-8-29(32(46)40-30)43-33(47)24-7-6-22(16-25(24)34(43)48)35-12-3-13-36-31(45)20-41-14-10-23(11-15-41)42-19-21(17-38-42)28-18-37-26-4-1-2-5-27(26)39-28/h1-2,4-7,16-19,23,29,35H,3,8-15,20H2,(H,36,45)(H,40,44,46). The highest BCUT2D eigenvalue weighted by Crippen LogP contribution is 2.30. The van der Waals surface area contributed by atoms with E-state index in [1.54, 1.807) is 24.4 Å². The van der Waals surface area contributed by atoms with Gasteiger partial charge in [0.15, 0.2) is 0 Å². The molecule has 1 unspecified atom stereocenters. The molecule has 0 saturated carbocycles. The number of fused-ring (bicyclic) bond motifs is 2. The smallest absolute Gasteiger partial charge is 0.262 e. The van der Waals surface area contributed by atoms with E-state index >= 15 is 0 Å². The summed E-state index contributed by atoms with van der Waals surface area (Å²) in [5.41, 5.74) is 4.54. The minimum Gasteiger partial charge on any atom is -0.385 e. The first-order chi connectivity index (χ1) is 23.3. The highest BCUT2D eigenvalue weighted by molar-refractivity contribution is 6.23. The zero-order valence-corrected chi connectivity index (χ0v) is 26.2. The Labute approximate surface area is 275 Å². The molecule has 0 radical (unpaired) electrons. The maximum atomic E-state index is 13.0. The number of likely N-dealkylation sites (tertiary alicyclic amines) is 1. The van der Waals surface area contributed by atoms with Gasteiger partial charge in [-0.15, -0.1) is 0 Å². The maximum absolute atomic E-state index is 13.0. The van der Waals surface area contributed by atoms with Gasteiger partial charge in [-0.1, -0.05) is 12.1 Å². The molecular formula is C34H35N9O5. The van der Waals surface area contributed by atoms with E-state index in [0.29, 0.717) is 31.7 Å². The first-order valence-corrected chi connectivity index (χ1v) is 16.2. The van der Waals surface area contributed by atoms with Crippen LogP contribution in [0.1, 0.15) is 58.9 Å². The van der Waals surface area contributed by atoms with Crippen LogP contribution in [0.25, 0.3) is 22.3 Å². The first kappa shape index (κ1) is 31.1. The molecule has 3 aliphatic rings. The van der Waals surface area contributed by atoms with Gasteiger partial charge in [-0.2, -0.15) is 5.10 Å². The van der Waals surface area contributed by atoms with Crippen LogP contribution < -0.4 is 16.0 Å². The van der Waals surface area contributed by atoms with E-state index < -0.39 is 29.7 Å². The van der Waals surface area contributed by atoms with Crippen LogP contribution in [0.2, 0.25) is 0 Å². The van der Waals surface area contributed by atoms with Crippen molar-refractivity contribution in [2.75, 3.05) is 38.0 Å². The van der Waals surface area contributed by atoms with Gasteiger partial charge in [-0.05, 0) is 56.0 Å². The molecule has 5 heterocycles. The fraction of sp³-hybridized carbons (Fsp3) is 0.353. The summed E-state index contributed by atoms with van der Waals surface area (Å²) in [6, 6.07) is 11.9. The van der Waals surface area contributed by atoms with Gasteiger partial charge in [0.05, 0.1) is 52.8 Å². The normalized spacial score (nSPS) is 18.7. The molecule has 3 aliphatic heterocycles. The summed E-state index contributed by atoms with van der Waals surface area (Å²) in [6.07, 6.45) is 8.25. The molecular weight excluding hydrogens is 614 g/mol. The van der Waals surface area contributed by atoms with E-state index in [4.69, 9.17) is 4.98 Å². The first-order valence-electron chi connectivity index (χ1n) is 16.2. The molecule has 0 spiro atoms. The van der Waals surface area contributed by atoms with Gasteiger partial charge in [0.25, 0.3) is 11.8 Å². The van der Waals surface area contributed by atoms with Crippen molar-refractivity contribution in [2.45, 2.75) is 44.2 Å². The Bertz CT molecular complexity index is 1920. The van der Waals surface area contributed by atoms with Crippen molar-refractivity contribution < 1.29 is 24.0 Å². The summed E-state index contributed by atoms with van der Waals surface area (Å²) >= 11 is 0. The third-order valence-electron chi connectivity index (χ3n) is 9.09. The van der Waals surface area contributed by atoms with Crippen molar-refractivity contribution in [3.8, 4) is 11.3 Å². The molecule has 2 aromatic carbocycles. The minimum absolute atomic E-state index is 0.0279. The second-order valence-electron chi connectivity index (χ2n) is 12.3. The van der Waals surface area contributed by atoms with Crippen molar-refractivity contribution >= 4 is 46.3 Å². The lowest BCUT2D eigenvalue weighted by Crippen LogP contribution is -2.54. The number of hydrogen-bond acceptors (Lipinski definition) is 10. The van der Waals surface area contributed by atoms with Gasteiger partial charge in [0.2, 0.25) is 17.7 Å². The fourth-order valence-electron chi connectivity index (χ4n) is 6.50. The van der Waals surface area contributed by atoms with Gasteiger partial charge >= 0.3 is 0 Å². The molecule has 14 heteroatoms. The van der Waals surface area contributed by atoms with Crippen LogP contribution in [0.3, 0.4) is 0 Å². The van der Waals surface area contributed by atoms with Gasteiger partial charge < -0.3 is 10.6 Å². The molecule has 48 heavy (non-hydrogen) atoms. The Balaban J connectivity index is 0.823. The van der Waals surface area contributed by atoms with Crippen LogP contribution in [-0.2, 0) is 14.4 Å². The Morgan fingerprint density at radius 2 is 1.71 bits per heavy atom. The Kier molecular flexibility index (Phi) is 8.63. The summed E-state index contributed by atoms with van der Waals surface area (Å²) in [6.45, 7) is 2.96. The molecule has 4 aromatic rings. The van der Waals surface area contributed by atoms with E-state index in [1.165, 1.54) is 0 Å². The predicted octanol–water partition coefficient (Wildman–Crippen LogP) is 2.15. The van der Waals surface area contributed by atoms with Crippen molar-refractivity contribution in [1.29, 1.82) is 0 Å². The molecule has 246 valence electrons. The molecule has 2 aromatic heterocycles. The van der Waals surface area contributed by atoms with E-state index in [0.717, 1.165) is 53.1 Å². The number of piperidine rings is 2. The average molecular weight is 650 g/mol. The molecule has 14 nitrogen and oxygen atoms in total. The number of imide groups is 2. The molecule has 7 rings (SSSR count). The van der Waals surface area contributed by atoms with E-state index in [2.05, 4.69) is 30.9 Å². The number of carbonyl (C=O) groups excluding carboxylic acids is 5. The summed E-state index contributed by atoms with van der Waals surface area (Å²) in [5.74, 6) is -2.16. The van der Waals surface area contributed by atoms with Crippen LogP contribution in [-0.4, -0.2) is 97.8 Å². The Morgan fingerprint density at radius 3 is 2.52 bits per heavy atom. The number of para-hydroxylation sites is 2. The third-order valence-corrected chi connectivity index (χ3v) is 9.09. The number of hydrogen-bond donors (Lipinski definition) is 3. The number of anilines is 1. The quantitative estimate of drug-likeness (QED) is 0.171. The number of rotatable bonds is 10. The lowest BCUT2D eigenvalue weighted by atomic mass is 10.0. The average Bonchev–Trinajstić information content (AvgIpc) is 3.68. The van der Waals surface area contributed by atoms with Crippen molar-refractivity contribution in [1.82, 2.24) is 40.2 Å². The van der Waals surface area contributed by atoms with E-state index in [-0.39, 0.29) is 35.9 Å². The van der Waals surface area contributed by atoms with E-state index in [1.807, 2.05) is 41.3 Å². The largest absolute Gasteiger partial charge is 0.385 e. The Morgan fingerprint density at radius 1 is 0.917 bits per heavy atom. The molecule has 0 aliphatic carbocycles. The van der Waals surface area contributed by atoms with Crippen molar-refractivity contribution in [3.05, 3.63) is 72.2 Å². The fourth-order valence-corrected chi connectivity index (χ4v) is 6.50. The zero-order valence-electron chi connectivity index (χ0n) is 26.2. The van der Waals surface area contributed by atoms with E-state index in [9.17, 15) is 24.0 Å². The highest BCUT2D eigenvalue weighted by Gasteiger charge is 2.44. The number of nitrogens with zero attached hydrogens (tertiary/aromatic N) is 6. The maximum Gasteiger partial charge on any atom is 0.262 e. The number of aromatic nitrogens is 4. The van der Waals surface area contributed by atoms with Gasteiger partial charge in [-0.3, -0.25) is 48.8 Å². The number of nitrogens with one attached hydrogen (secondary N) is 3. The Hall–Kier alpha value is -5.50. The van der Waals surface area contributed by atoms with Gasteiger partial charge in [0.1, 0.15) is 6.04 Å². The lowest BCUT2D eigenvalue weighted by Gasteiger charge is -2.31. The minimum atomic E-state index is -0.997. The second kappa shape index (κ2) is 13.3. The van der Waals surface area contributed by atoms with Crippen LogP contribution in [0.15, 0.2) is 61.1 Å². The zero-order chi connectivity index (χ0) is 33.2. The van der Waals surface area contributed by atoms with Crippen LogP contribution in [0, 0.1) is 0 Å². The summed E-state index contributed by atoms with van der Waals surface area (Å²) in [5, 5.41) is 13.0. The number of amides is 5. The second-order valence-corrected chi connectivity index (χ2v) is 12.3. The lowest BCUT2D eigenvalue weighted by molar-refractivity contribution is -0.136. The molecule has 2 fully saturated rings. The highest BCUT2D eigenvalue weighted by atomic mass is 16.2. The summed E-state index contributed by atoms with van der Waals surface area (Å²) in [7, 11) is 0. The van der Waals surface area contributed by atoms with Gasteiger partial charge in [-0.25, -0.2) is 4.98 Å². The third kappa shape index (κ3) is 6.38. The van der Waals surface area contributed by atoms with Crippen LogP contribution in [0.5, 0.6) is 0 Å². The molecule has 2 saturated heterocycles. The van der Waals surface area contributed by atoms with Crippen molar-refractivity contribution in [3.63, 3.8) is 0 Å². The monoisotopic (exact) mass is 649 g/mol. The molecule has 5 amide bonds. The van der Waals surface area contributed by atoms with Crippen LogP contribution in [0.4, 0.5) is 5.69 Å².